The fourth-order valence-corrected chi connectivity index (χ4v) is 5.21. The number of esters is 4. The van der Waals surface area contributed by atoms with E-state index in [1.54, 1.807) is 121 Å². The number of hydrogen-bond donors (Lipinski definition) is 0. The van der Waals surface area contributed by atoms with E-state index in [4.69, 9.17) is 28.4 Å². The molecule has 0 spiro atoms. The zero-order chi connectivity index (χ0) is 34.4. The molecule has 4 aromatic rings. The number of carbonyl (C=O) groups is 4. The molecule has 0 N–H and O–H groups in total. The first-order valence-corrected chi connectivity index (χ1v) is 16.2. The largest absolute Gasteiger partial charge is 0.459 e. The molecule has 0 bridgehead atoms. The molecule has 1 fully saturated rings. The fraction of sp³-hybridized carbons (Fsp3) is 0.282. The maximum Gasteiger partial charge on any atom is 0.338 e. The third kappa shape index (κ3) is 9.62. The van der Waals surface area contributed by atoms with Crippen molar-refractivity contribution in [1.29, 1.82) is 0 Å². The topological polar surface area (TPSA) is 124 Å². The van der Waals surface area contributed by atoms with E-state index in [1.165, 1.54) is 0 Å². The van der Waals surface area contributed by atoms with E-state index in [0.717, 1.165) is 12.8 Å². The molecule has 1 aliphatic rings. The Balaban J connectivity index is 1.53. The van der Waals surface area contributed by atoms with Gasteiger partial charge in [0.05, 0.1) is 22.3 Å². The van der Waals surface area contributed by atoms with Gasteiger partial charge in [0, 0.05) is 6.61 Å². The van der Waals surface area contributed by atoms with E-state index in [2.05, 4.69) is 0 Å². The minimum atomic E-state index is -1.45. The molecule has 5 rings (SSSR count). The number of benzene rings is 4. The van der Waals surface area contributed by atoms with Crippen LogP contribution in [0.2, 0.25) is 0 Å². The predicted molar refractivity (Wildman–Crippen MR) is 178 cm³/mol. The van der Waals surface area contributed by atoms with Gasteiger partial charge < -0.3 is 28.4 Å². The van der Waals surface area contributed by atoms with Crippen LogP contribution in [0.25, 0.3) is 0 Å². The average Bonchev–Trinajstić information content (AvgIpc) is 3.15. The van der Waals surface area contributed by atoms with Gasteiger partial charge in [0.25, 0.3) is 0 Å². The van der Waals surface area contributed by atoms with Crippen LogP contribution in [0.1, 0.15) is 67.6 Å². The highest BCUT2D eigenvalue weighted by molar-refractivity contribution is 5.91. The van der Waals surface area contributed by atoms with Gasteiger partial charge >= 0.3 is 23.9 Å². The second-order valence-corrected chi connectivity index (χ2v) is 11.3. The smallest absolute Gasteiger partial charge is 0.338 e. The standard InChI is InChI=1S/C39H38O10/c1-2-3-16-25-44-39-34(49-38(43)30-23-14-7-15-24-30)33(48-37(42)29-21-12-6-13-22-29)32(47-36(41)28-19-10-5-11-20-28)31(46-39)26-45-35(40)27-17-8-4-9-18-27/h4-15,17-24,31-34,39H,2-3,16,25-26H2,1H3/t31-,32-,33+,34-,39+/m1/s1. The van der Waals surface area contributed by atoms with Gasteiger partial charge in [-0.25, -0.2) is 19.2 Å². The first kappa shape index (κ1) is 35.0. The molecule has 1 heterocycles. The minimum absolute atomic E-state index is 0.211. The fourth-order valence-electron chi connectivity index (χ4n) is 5.21. The van der Waals surface area contributed by atoms with Gasteiger partial charge in [-0.1, -0.05) is 92.6 Å². The Kier molecular flexibility index (Phi) is 12.7. The summed E-state index contributed by atoms with van der Waals surface area (Å²) in [4.78, 5) is 53.6. The van der Waals surface area contributed by atoms with Crippen LogP contribution in [-0.4, -0.2) is 67.8 Å². The van der Waals surface area contributed by atoms with Crippen molar-refractivity contribution in [1.82, 2.24) is 0 Å². The van der Waals surface area contributed by atoms with Gasteiger partial charge in [0.1, 0.15) is 12.7 Å². The van der Waals surface area contributed by atoms with Crippen molar-refractivity contribution in [3.8, 4) is 0 Å². The first-order valence-electron chi connectivity index (χ1n) is 16.2. The van der Waals surface area contributed by atoms with Crippen LogP contribution in [0.4, 0.5) is 0 Å². The summed E-state index contributed by atoms with van der Waals surface area (Å²) in [5.41, 5.74) is 0.955. The number of hydrogen-bond acceptors (Lipinski definition) is 10. The lowest BCUT2D eigenvalue weighted by Gasteiger charge is -2.44. The van der Waals surface area contributed by atoms with Gasteiger partial charge in [0.2, 0.25) is 0 Å². The summed E-state index contributed by atoms with van der Waals surface area (Å²) in [7, 11) is 0. The normalized spacial score (nSPS) is 20.1. The quantitative estimate of drug-likeness (QED) is 0.0843. The lowest BCUT2D eigenvalue weighted by molar-refractivity contribution is -0.298. The summed E-state index contributed by atoms with van der Waals surface area (Å²) >= 11 is 0. The molecule has 49 heavy (non-hydrogen) atoms. The van der Waals surface area contributed by atoms with Crippen LogP contribution < -0.4 is 0 Å². The Morgan fingerprint density at radius 1 is 0.531 bits per heavy atom. The predicted octanol–water partition coefficient (Wildman–Crippen LogP) is 6.45. The van der Waals surface area contributed by atoms with Gasteiger partial charge in [-0.2, -0.15) is 0 Å². The number of rotatable bonds is 14. The maximum absolute atomic E-state index is 13.6. The summed E-state index contributed by atoms with van der Waals surface area (Å²) in [6.07, 6.45) is -4.27. The van der Waals surface area contributed by atoms with Crippen molar-refractivity contribution in [2.24, 2.45) is 0 Å². The van der Waals surface area contributed by atoms with Crippen molar-refractivity contribution in [2.75, 3.05) is 13.2 Å². The van der Waals surface area contributed by atoms with E-state index in [9.17, 15) is 19.2 Å². The third-order valence-electron chi connectivity index (χ3n) is 7.77. The molecular weight excluding hydrogens is 628 g/mol. The molecule has 0 saturated carbocycles. The number of carbonyl (C=O) groups excluding carboxylic acids is 4. The molecule has 10 nitrogen and oxygen atoms in total. The Morgan fingerprint density at radius 3 is 1.39 bits per heavy atom. The summed E-state index contributed by atoms with van der Waals surface area (Å²) in [6.45, 7) is 1.86. The zero-order valence-corrected chi connectivity index (χ0v) is 27.1. The highest BCUT2D eigenvalue weighted by atomic mass is 16.7. The highest BCUT2D eigenvalue weighted by Gasteiger charge is 2.53. The second kappa shape index (κ2) is 17.7. The second-order valence-electron chi connectivity index (χ2n) is 11.3. The molecule has 5 atom stereocenters. The lowest BCUT2D eigenvalue weighted by Crippen LogP contribution is -2.63. The van der Waals surface area contributed by atoms with E-state index in [1.807, 2.05) is 6.92 Å². The van der Waals surface area contributed by atoms with Gasteiger partial charge in [-0.3, -0.25) is 0 Å². The molecule has 254 valence electrons. The van der Waals surface area contributed by atoms with Crippen LogP contribution in [-0.2, 0) is 28.4 Å². The molecule has 0 aromatic heterocycles. The zero-order valence-electron chi connectivity index (χ0n) is 27.1. The molecular formula is C39H38O10. The van der Waals surface area contributed by atoms with Crippen molar-refractivity contribution in [3.63, 3.8) is 0 Å². The monoisotopic (exact) mass is 666 g/mol. The Morgan fingerprint density at radius 2 is 0.939 bits per heavy atom. The van der Waals surface area contributed by atoms with Gasteiger partial charge in [-0.15, -0.1) is 0 Å². The van der Waals surface area contributed by atoms with Crippen molar-refractivity contribution < 1.29 is 47.6 Å². The van der Waals surface area contributed by atoms with E-state index >= 15 is 0 Å². The SMILES string of the molecule is CCCCCO[C@H]1O[C@H](COC(=O)c2ccccc2)[C@@H](OC(=O)c2ccccc2)[C@H](OC(=O)c2ccccc2)[C@H]1OC(=O)c1ccccc1. The molecule has 0 radical (unpaired) electrons. The molecule has 0 aliphatic carbocycles. The average molecular weight is 667 g/mol. The van der Waals surface area contributed by atoms with E-state index in [0.29, 0.717) is 12.0 Å². The first-order chi connectivity index (χ1) is 23.9. The number of unbranched alkanes of at least 4 members (excludes halogenated alkanes) is 2. The molecule has 0 unspecified atom stereocenters. The van der Waals surface area contributed by atoms with Crippen molar-refractivity contribution >= 4 is 23.9 Å². The Labute approximate surface area is 284 Å². The lowest BCUT2D eigenvalue weighted by atomic mass is 9.97. The van der Waals surface area contributed by atoms with E-state index in [-0.39, 0.29) is 23.3 Å². The summed E-state index contributed by atoms with van der Waals surface area (Å²) in [6, 6.07) is 33.1. The highest BCUT2D eigenvalue weighted by Crippen LogP contribution is 2.32. The molecule has 1 saturated heterocycles. The molecule has 4 aromatic carbocycles. The molecule has 10 heteroatoms. The minimum Gasteiger partial charge on any atom is -0.459 e. The Hall–Kier alpha value is -5.32. The maximum atomic E-state index is 13.6. The number of ether oxygens (including phenoxy) is 6. The summed E-state index contributed by atoms with van der Waals surface area (Å²) in [5, 5.41) is 0. The molecule has 0 amide bonds. The van der Waals surface area contributed by atoms with Crippen LogP contribution in [0.5, 0.6) is 0 Å². The van der Waals surface area contributed by atoms with Crippen LogP contribution in [0.3, 0.4) is 0 Å². The van der Waals surface area contributed by atoms with Crippen LogP contribution >= 0.6 is 0 Å². The van der Waals surface area contributed by atoms with Crippen LogP contribution in [0.15, 0.2) is 121 Å². The third-order valence-corrected chi connectivity index (χ3v) is 7.77. The van der Waals surface area contributed by atoms with E-state index < -0.39 is 61.2 Å². The Bertz CT molecular complexity index is 1650. The summed E-state index contributed by atoms with van der Waals surface area (Å²) in [5.74, 6) is -2.91. The van der Waals surface area contributed by atoms with Crippen LogP contribution in [0, 0.1) is 0 Å². The van der Waals surface area contributed by atoms with Crippen molar-refractivity contribution in [2.45, 2.75) is 56.9 Å². The summed E-state index contributed by atoms with van der Waals surface area (Å²) < 4.78 is 36.2. The van der Waals surface area contributed by atoms with Gasteiger partial charge in [0.15, 0.2) is 24.6 Å². The molecule has 1 aliphatic heterocycles. The van der Waals surface area contributed by atoms with Gasteiger partial charge in [-0.05, 0) is 55.0 Å². The van der Waals surface area contributed by atoms with Crippen molar-refractivity contribution in [3.05, 3.63) is 144 Å².